The smallest absolute Gasteiger partial charge is 0.212 e. The maximum absolute atomic E-state index is 12.0. The van der Waals surface area contributed by atoms with E-state index in [0.717, 1.165) is 11.1 Å². The van der Waals surface area contributed by atoms with Crippen molar-refractivity contribution in [2.75, 3.05) is 12.9 Å². The molecule has 6 heteroatoms. The van der Waals surface area contributed by atoms with E-state index in [-0.39, 0.29) is 12.3 Å². The molecule has 0 heterocycles. The van der Waals surface area contributed by atoms with Gasteiger partial charge in [-0.15, -0.1) is 0 Å². The quantitative estimate of drug-likeness (QED) is 0.843. The highest BCUT2D eigenvalue weighted by atomic mass is 35.5. The zero-order valence-corrected chi connectivity index (χ0v) is 13.8. The fourth-order valence-corrected chi connectivity index (χ4v) is 3.30. The van der Waals surface area contributed by atoms with E-state index in [9.17, 15) is 8.42 Å². The van der Waals surface area contributed by atoms with Crippen LogP contribution in [0.15, 0.2) is 48.5 Å². The molecule has 0 radical (unpaired) electrons. The molecule has 0 aliphatic carbocycles. The Hall–Kier alpha value is -1.56. The van der Waals surface area contributed by atoms with E-state index in [4.69, 9.17) is 16.3 Å². The molecular weight excluding hydrogens is 322 g/mol. The Morgan fingerprint density at radius 2 is 1.82 bits per heavy atom. The number of nitrogens with one attached hydrogen (secondary N) is 1. The summed E-state index contributed by atoms with van der Waals surface area (Å²) in [5.41, 5.74) is 1.79. The van der Waals surface area contributed by atoms with Crippen molar-refractivity contribution in [2.45, 2.75) is 13.0 Å². The first-order chi connectivity index (χ1) is 10.5. The fourth-order valence-electron chi connectivity index (χ4n) is 1.98. The van der Waals surface area contributed by atoms with Crippen molar-refractivity contribution >= 4 is 21.6 Å². The van der Waals surface area contributed by atoms with Gasteiger partial charge < -0.3 is 4.74 Å². The third-order valence-corrected chi connectivity index (χ3v) is 4.84. The lowest BCUT2D eigenvalue weighted by Crippen LogP contribution is -2.26. The fraction of sp³-hybridized carbons (Fsp3) is 0.250. The van der Waals surface area contributed by atoms with E-state index in [1.54, 1.807) is 18.2 Å². The molecule has 2 aromatic rings. The van der Waals surface area contributed by atoms with Crippen molar-refractivity contribution in [1.29, 1.82) is 0 Å². The Labute approximate surface area is 136 Å². The minimum absolute atomic E-state index is 0.0564. The van der Waals surface area contributed by atoms with E-state index >= 15 is 0 Å². The van der Waals surface area contributed by atoms with Crippen molar-refractivity contribution in [3.05, 3.63) is 64.7 Å². The van der Waals surface area contributed by atoms with Gasteiger partial charge in [-0.3, -0.25) is 0 Å². The van der Waals surface area contributed by atoms with E-state index in [2.05, 4.69) is 4.72 Å². The molecular formula is C16H18ClNO3S. The van der Waals surface area contributed by atoms with Gasteiger partial charge in [-0.25, -0.2) is 13.1 Å². The van der Waals surface area contributed by atoms with Gasteiger partial charge in [-0.05, 0) is 29.7 Å². The summed E-state index contributed by atoms with van der Waals surface area (Å²) in [6.07, 6.45) is 0.486. The number of halogens is 1. The highest BCUT2D eigenvalue weighted by molar-refractivity contribution is 7.89. The number of hydrogen-bond acceptors (Lipinski definition) is 3. The molecule has 2 rings (SSSR count). The molecule has 0 spiro atoms. The lowest BCUT2D eigenvalue weighted by Gasteiger charge is -2.09. The van der Waals surface area contributed by atoms with Gasteiger partial charge in [0, 0.05) is 6.54 Å². The van der Waals surface area contributed by atoms with Crippen molar-refractivity contribution in [3.63, 3.8) is 0 Å². The molecule has 0 unspecified atom stereocenters. The predicted molar refractivity (Wildman–Crippen MR) is 88.8 cm³/mol. The summed E-state index contributed by atoms with van der Waals surface area (Å²) in [5.74, 6) is 0.623. The highest BCUT2D eigenvalue weighted by Gasteiger charge is 2.11. The summed E-state index contributed by atoms with van der Waals surface area (Å²) in [4.78, 5) is 0. The average molecular weight is 340 g/mol. The zero-order chi connectivity index (χ0) is 16.0. The van der Waals surface area contributed by atoms with E-state index in [1.807, 2.05) is 30.3 Å². The number of aryl methyl sites for hydroxylation is 1. The van der Waals surface area contributed by atoms with Crippen LogP contribution in [0.5, 0.6) is 5.75 Å². The summed E-state index contributed by atoms with van der Waals surface area (Å²) in [6.45, 7) is 0.209. The number of benzene rings is 2. The van der Waals surface area contributed by atoms with Crippen LogP contribution in [0, 0.1) is 0 Å². The molecule has 0 amide bonds. The summed E-state index contributed by atoms with van der Waals surface area (Å²) >= 11 is 6.02. The Balaban J connectivity index is 1.91. The van der Waals surface area contributed by atoms with Crippen LogP contribution in [0.4, 0.5) is 0 Å². The molecule has 4 nitrogen and oxygen atoms in total. The predicted octanol–water partition coefficient (Wildman–Crippen LogP) is 3.01. The minimum atomic E-state index is -3.33. The first-order valence-electron chi connectivity index (χ1n) is 6.84. The van der Waals surface area contributed by atoms with E-state index < -0.39 is 10.0 Å². The molecule has 0 atom stereocenters. The lowest BCUT2D eigenvalue weighted by molar-refractivity contribution is 0.415. The number of ether oxygens (including phenoxy) is 1. The maximum Gasteiger partial charge on any atom is 0.212 e. The number of sulfonamides is 1. The molecule has 0 aliphatic heterocycles. The largest absolute Gasteiger partial charge is 0.495 e. The normalized spacial score (nSPS) is 11.4. The Morgan fingerprint density at radius 1 is 1.09 bits per heavy atom. The SMILES string of the molecule is COc1ccc(CNS(=O)(=O)CCc2ccccc2)cc1Cl. The van der Waals surface area contributed by atoms with Crippen LogP contribution < -0.4 is 9.46 Å². The standard InChI is InChI=1S/C16H18ClNO3S/c1-21-16-8-7-14(11-15(16)17)12-18-22(19,20)10-9-13-5-3-2-4-6-13/h2-8,11,18H,9-10,12H2,1H3. The highest BCUT2D eigenvalue weighted by Crippen LogP contribution is 2.24. The monoisotopic (exact) mass is 339 g/mol. The van der Waals surface area contributed by atoms with Crippen LogP contribution in [-0.2, 0) is 23.0 Å². The molecule has 1 N–H and O–H groups in total. The van der Waals surface area contributed by atoms with Crippen LogP contribution in [0.3, 0.4) is 0 Å². The number of hydrogen-bond donors (Lipinski definition) is 1. The van der Waals surface area contributed by atoms with Crippen molar-refractivity contribution in [2.24, 2.45) is 0 Å². The van der Waals surface area contributed by atoms with Gasteiger partial charge >= 0.3 is 0 Å². The van der Waals surface area contributed by atoms with Gasteiger partial charge in [-0.2, -0.15) is 0 Å². The second-order valence-corrected chi connectivity index (χ2v) is 7.18. The van der Waals surface area contributed by atoms with E-state index in [1.165, 1.54) is 7.11 Å². The van der Waals surface area contributed by atoms with Gasteiger partial charge in [0.25, 0.3) is 0 Å². The van der Waals surface area contributed by atoms with Crippen molar-refractivity contribution in [1.82, 2.24) is 4.72 Å². The first-order valence-corrected chi connectivity index (χ1v) is 8.87. The average Bonchev–Trinajstić information content (AvgIpc) is 2.52. The van der Waals surface area contributed by atoms with Gasteiger partial charge in [0.15, 0.2) is 0 Å². The molecule has 22 heavy (non-hydrogen) atoms. The Morgan fingerprint density at radius 3 is 2.45 bits per heavy atom. The minimum Gasteiger partial charge on any atom is -0.495 e. The first kappa shape index (κ1) is 16.8. The number of methoxy groups -OCH3 is 1. The van der Waals surface area contributed by atoms with Crippen LogP contribution in [0.2, 0.25) is 5.02 Å². The molecule has 0 fully saturated rings. The second kappa shape index (κ2) is 7.63. The summed E-state index contributed by atoms with van der Waals surface area (Å²) in [7, 11) is -1.80. The molecule has 0 aliphatic rings. The van der Waals surface area contributed by atoms with Crippen LogP contribution in [0.1, 0.15) is 11.1 Å². The van der Waals surface area contributed by atoms with Gasteiger partial charge in [0.05, 0.1) is 17.9 Å². The van der Waals surface area contributed by atoms with Gasteiger partial charge in [0.2, 0.25) is 10.0 Å². The third kappa shape index (κ3) is 5.02. The molecule has 118 valence electrons. The lowest BCUT2D eigenvalue weighted by atomic mass is 10.2. The van der Waals surface area contributed by atoms with Gasteiger partial charge in [-0.1, -0.05) is 48.0 Å². The molecule has 2 aromatic carbocycles. The number of rotatable bonds is 7. The Bertz CT molecular complexity index is 717. The van der Waals surface area contributed by atoms with Crippen molar-refractivity contribution < 1.29 is 13.2 Å². The topological polar surface area (TPSA) is 55.4 Å². The molecule has 0 aromatic heterocycles. The van der Waals surface area contributed by atoms with Crippen molar-refractivity contribution in [3.8, 4) is 5.75 Å². The Kier molecular flexibility index (Phi) is 5.83. The summed E-state index contributed by atoms with van der Waals surface area (Å²) in [6, 6.07) is 14.7. The summed E-state index contributed by atoms with van der Waals surface area (Å²) < 4.78 is 31.7. The second-order valence-electron chi connectivity index (χ2n) is 4.84. The molecule has 0 bridgehead atoms. The summed E-state index contributed by atoms with van der Waals surface area (Å²) in [5, 5.41) is 0.462. The van der Waals surface area contributed by atoms with Crippen LogP contribution in [-0.4, -0.2) is 21.3 Å². The maximum atomic E-state index is 12.0. The van der Waals surface area contributed by atoms with Crippen LogP contribution >= 0.6 is 11.6 Å². The molecule has 0 saturated heterocycles. The third-order valence-electron chi connectivity index (χ3n) is 3.21. The van der Waals surface area contributed by atoms with Gasteiger partial charge in [0.1, 0.15) is 5.75 Å². The molecule has 0 saturated carbocycles. The zero-order valence-electron chi connectivity index (χ0n) is 12.3. The van der Waals surface area contributed by atoms with Crippen LogP contribution in [0.25, 0.3) is 0 Å². The van der Waals surface area contributed by atoms with E-state index in [0.29, 0.717) is 17.2 Å².